The molecule has 1 aliphatic heterocycles. The molecule has 0 saturated carbocycles. The largest absolute Gasteiger partial charge is 0.382 e. The molecule has 8 nitrogen and oxygen atoms in total. The second kappa shape index (κ2) is 5.49. The van der Waals surface area contributed by atoms with Crippen molar-refractivity contribution in [1.29, 1.82) is 0 Å². The standard InChI is InChI=1S/C13H17N7O/c14-12-11(13(15)21)19-10(6-17-12)8-5-18-20(7-8)9-1-3-16-4-2-9/h5-7,9,16H,1-4H2,(H2,14,17)(H2,15,21). The molecule has 0 spiro atoms. The second-order valence-electron chi connectivity index (χ2n) is 5.04. The summed E-state index contributed by atoms with van der Waals surface area (Å²) in [7, 11) is 0. The first-order valence-corrected chi connectivity index (χ1v) is 6.82. The molecular weight excluding hydrogens is 270 g/mol. The molecule has 110 valence electrons. The van der Waals surface area contributed by atoms with E-state index in [0.29, 0.717) is 11.7 Å². The van der Waals surface area contributed by atoms with Crippen molar-refractivity contribution >= 4 is 11.7 Å². The van der Waals surface area contributed by atoms with Gasteiger partial charge < -0.3 is 16.8 Å². The van der Waals surface area contributed by atoms with Crippen LogP contribution in [0.5, 0.6) is 0 Å². The molecule has 0 atom stereocenters. The molecule has 21 heavy (non-hydrogen) atoms. The number of nitrogens with one attached hydrogen (secondary N) is 1. The third-order valence-corrected chi connectivity index (χ3v) is 3.61. The van der Waals surface area contributed by atoms with Crippen LogP contribution in [-0.4, -0.2) is 38.7 Å². The highest BCUT2D eigenvalue weighted by Gasteiger charge is 2.17. The van der Waals surface area contributed by atoms with Gasteiger partial charge in [0.2, 0.25) is 0 Å². The van der Waals surface area contributed by atoms with Gasteiger partial charge in [-0.05, 0) is 25.9 Å². The quantitative estimate of drug-likeness (QED) is 0.726. The molecule has 0 bridgehead atoms. The maximum atomic E-state index is 11.3. The van der Waals surface area contributed by atoms with E-state index in [2.05, 4.69) is 20.4 Å². The minimum atomic E-state index is -0.687. The van der Waals surface area contributed by atoms with Gasteiger partial charge in [-0.2, -0.15) is 5.10 Å². The van der Waals surface area contributed by atoms with Crippen molar-refractivity contribution < 1.29 is 4.79 Å². The number of amides is 1. The van der Waals surface area contributed by atoms with E-state index < -0.39 is 5.91 Å². The molecule has 0 aliphatic carbocycles. The molecule has 0 aromatic carbocycles. The van der Waals surface area contributed by atoms with Crippen LogP contribution in [0, 0.1) is 0 Å². The number of hydrogen-bond acceptors (Lipinski definition) is 6. The fraction of sp³-hybridized carbons (Fsp3) is 0.385. The average molecular weight is 287 g/mol. The lowest BCUT2D eigenvalue weighted by atomic mass is 10.1. The molecule has 0 unspecified atom stereocenters. The number of carbonyl (C=O) groups excluding carboxylic acids is 1. The van der Waals surface area contributed by atoms with Gasteiger partial charge in [0.05, 0.1) is 24.1 Å². The zero-order chi connectivity index (χ0) is 14.8. The number of carbonyl (C=O) groups is 1. The van der Waals surface area contributed by atoms with E-state index in [0.717, 1.165) is 31.5 Å². The summed E-state index contributed by atoms with van der Waals surface area (Å²) in [4.78, 5) is 19.4. The van der Waals surface area contributed by atoms with Crippen molar-refractivity contribution in [2.24, 2.45) is 5.73 Å². The van der Waals surface area contributed by atoms with E-state index in [1.54, 1.807) is 6.20 Å². The molecule has 2 aromatic rings. The van der Waals surface area contributed by atoms with E-state index in [9.17, 15) is 4.79 Å². The van der Waals surface area contributed by atoms with Gasteiger partial charge in [0.15, 0.2) is 11.5 Å². The van der Waals surface area contributed by atoms with Crippen molar-refractivity contribution in [2.45, 2.75) is 18.9 Å². The number of nitrogens with zero attached hydrogens (tertiary/aromatic N) is 4. The molecule has 1 amide bonds. The molecule has 0 radical (unpaired) electrons. The van der Waals surface area contributed by atoms with Crippen LogP contribution >= 0.6 is 0 Å². The molecule has 3 rings (SSSR count). The summed E-state index contributed by atoms with van der Waals surface area (Å²) in [5.41, 5.74) is 12.1. The minimum Gasteiger partial charge on any atom is -0.382 e. The Hall–Kier alpha value is -2.48. The smallest absolute Gasteiger partial charge is 0.271 e. The van der Waals surface area contributed by atoms with Crippen LogP contribution in [0.4, 0.5) is 5.82 Å². The van der Waals surface area contributed by atoms with E-state index in [4.69, 9.17) is 11.5 Å². The maximum absolute atomic E-state index is 11.3. The first kappa shape index (κ1) is 13.5. The highest BCUT2D eigenvalue weighted by Crippen LogP contribution is 2.22. The maximum Gasteiger partial charge on any atom is 0.271 e. The van der Waals surface area contributed by atoms with Crippen LogP contribution in [-0.2, 0) is 0 Å². The second-order valence-corrected chi connectivity index (χ2v) is 5.04. The van der Waals surface area contributed by atoms with Crippen molar-refractivity contribution in [2.75, 3.05) is 18.8 Å². The van der Waals surface area contributed by atoms with Gasteiger partial charge in [-0.1, -0.05) is 0 Å². The molecular formula is C13H17N7O. The fourth-order valence-electron chi connectivity index (χ4n) is 2.46. The monoisotopic (exact) mass is 287 g/mol. The first-order chi connectivity index (χ1) is 10.1. The Labute approximate surface area is 121 Å². The molecule has 3 heterocycles. The predicted molar refractivity (Wildman–Crippen MR) is 77.3 cm³/mol. The van der Waals surface area contributed by atoms with Crippen LogP contribution in [0.2, 0.25) is 0 Å². The molecule has 8 heteroatoms. The highest BCUT2D eigenvalue weighted by molar-refractivity contribution is 5.95. The first-order valence-electron chi connectivity index (χ1n) is 6.82. The zero-order valence-corrected chi connectivity index (χ0v) is 11.5. The van der Waals surface area contributed by atoms with Gasteiger partial charge in [0.1, 0.15) is 0 Å². The molecule has 2 aromatic heterocycles. The zero-order valence-electron chi connectivity index (χ0n) is 11.5. The minimum absolute atomic E-state index is 0.0119. The molecule has 1 aliphatic rings. The third-order valence-electron chi connectivity index (χ3n) is 3.61. The lowest BCUT2D eigenvalue weighted by molar-refractivity contribution is 0.0996. The highest BCUT2D eigenvalue weighted by atomic mass is 16.1. The number of rotatable bonds is 3. The van der Waals surface area contributed by atoms with Crippen LogP contribution in [0.3, 0.4) is 0 Å². The van der Waals surface area contributed by atoms with Gasteiger partial charge in [-0.15, -0.1) is 0 Å². The number of hydrogen-bond donors (Lipinski definition) is 3. The van der Waals surface area contributed by atoms with Crippen molar-refractivity contribution in [3.63, 3.8) is 0 Å². The van der Waals surface area contributed by atoms with Crippen molar-refractivity contribution in [1.82, 2.24) is 25.1 Å². The summed E-state index contributed by atoms with van der Waals surface area (Å²) in [5.74, 6) is -0.649. The fourth-order valence-corrected chi connectivity index (χ4v) is 2.46. The molecule has 1 fully saturated rings. The van der Waals surface area contributed by atoms with E-state index in [1.807, 2.05) is 10.9 Å². The average Bonchev–Trinajstić information content (AvgIpc) is 2.98. The van der Waals surface area contributed by atoms with Gasteiger partial charge in [-0.3, -0.25) is 9.48 Å². The van der Waals surface area contributed by atoms with Gasteiger partial charge >= 0.3 is 0 Å². The Morgan fingerprint density at radius 1 is 1.33 bits per heavy atom. The number of piperidine rings is 1. The summed E-state index contributed by atoms with van der Waals surface area (Å²) in [6.07, 6.45) is 7.24. The van der Waals surface area contributed by atoms with Crippen LogP contribution in [0.25, 0.3) is 11.3 Å². The van der Waals surface area contributed by atoms with Crippen LogP contribution in [0.15, 0.2) is 18.6 Å². The van der Waals surface area contributed by atoms with Crippen molar-refractivity contribution in [3.8, 4) is 11.3 Å². The number of anilines is 1. The Kier molecular flexibility index (Phi) is 3.53. The number of nitrogens with two attached hydrogens (primary N) is 2. The molecule has 1 saturated heterocycles. The molecule has 5 N–H and O–H groups in total. The van der Waals surface area contributed by atoms with E-state index >= 15 is 0 Å². The van der Waals surface area contributed by atoms with Gasteiger partial charge in [0.25, 0.3) is 5.91 Å². The summed E-state index contributed by atoms with van der Waals surface area (Å²) >= 11 is 0. The lowest BCUT2D eigenvalue weighted by Crippen LogP contribution is -2.29. The normalized spacial score (nSPS) is 16.0. The third kappa shape index (κ3) is 2.70. The topological polar surface area (TPSA) is 125 Å². The number of aromatic nitrogens is 4. The van der Waals surface area contributed by atoms with Crippen LogP contribution in [0.1, 0.15) is 29.4 Å². The Morgan fingerprint density at radius 2 is 2.10 bits per heavy atom. The van der Waals surface area contributed by atoms with Gasteiger partial charge in [-0.25, -0.2) is 9.97 Å². The summed E-state index contributed by atoms with van der Waals surface area (Å²) in [6.45, 7) is 1.99. The number of nitrogen functional groups attached to an aromatic ring is 1. The summed E-state index contributed by atoms with van der Waals surface area (Å²) in [6, 6.07) is 0.386. The predicted octanol–water partition coefficient (Wildman–Crippen LogP) is -0.0543. The van der Waals surface area contributed by atoms with Gasteiger partial charge in [0, 0.05) is 11.8 Å². The SMILES string of the molecule is NC(=O)c1nc(-c2cnn(C3CCNCC3)c2)cnc1N. The van der Waals surface area contributed by atoms with Crippen LogP contribution < -0.4 is 16.8 Å². The summed E-state index contributed by atoms with van der Waals surface area (Å²) < 4.78 is 1.94. The van der Waals surface area contributed by atoms with Crippen molar-refractivity contribution in [3.05, 3.63) is 24.3 Å². The Balaban J connectivity index is 1.89. The van der Waals surface area contributed by atoms with E-state index in [-0.39, 0.29) is 11.5 Å². The number of primary amides is 1. The Bertz CT molecular complexity index is 660. The van der Waals surface area contributed by atoms with E-state index in [1.165, 1.54) is 6.20 Å². The Morgan fingerprint density at radius 3 is 2.81 bits per heavy atom. The summed E-state index contributed by atoms with van der Waals surface area (Å²) in [5, 5.41) is 7.71. The lowest BCUT2D eigenvalue weighted by Gasteiger charge is -2.22.